The zero-order valence-corrected chi connectivity index (χ0v) is 15.6. The summed E-state index contributed by atoms with van der Waals surface area (Å²) in [7, 11) is 0. The van der Waals surface area contributed by atoms with Crippen molar-refractivity contribution in [2.75, 3.05) is 26.2 Å². The van der Waals surface area contributed by atoms with Gasteiger partial charge in [0.2, 0.25) is 5.91 Å². The highest BCUT2D eigenvalue weighted by Gasteiger charge is 2.25. The molecule has 1 fully saturated rings. The maximum atomic E-state index is 12.6. The second-order valence-corrected chi connectivity index (χ2v) is 7.74. The van der Waals surface area contributed by atoms with E-state index in [1.807, 2.05) is 51.6 Å². The molecule has 132 valence electrons. The van der Waals surface area contributed by atoms with Crippen LogP contribution in [0.3, 0.4) is 0 Å². The molecule has 25 heavy (non-hydrogen) atoms. The summed E-state index contributed by atoms with van der Waals surface area (Å²) in [5.74, 6) is 0.665. The van der Waals surface area contributed by atoms with Gasteiger partial charge in [-0.25, -0.2) is 0 Å². The summed E-state index contributed by atoms with van der Waals surface area (Å²) in [6.07, 6.45) is 0.461. The first kappa shape index (κ1) is 17.7. The van der Waals surface area contributed by atoms with Crippen LogP contribution in [0.15, 0.2) is 41.8 Å². The molecular formula is C20H24N2O2S. The van der Waals surface area contributed by atoms with E-state index in [2.05, 4.69) is 13.8 Å². The quantitative estimate of drug-likeness (QED) is 0.842. The maximum absolute atomic E-state index is 12.6. The monoisotopic (exact) mass is 356 g/mol. The van der Waals surface area contributed by atoms with Crippen molar-refractivity contribution in [1.29, 1.82) is 0 Å². The molecule has 0 radical (unpaired) electrons. The maximum Gasteiger partial charge on any atom is 0.253 e. The molecule has 0 spiro atoms. The highest BCUT2D eigenvalue weighted by Crippen LogP contribution is 2.17. The Morgan fingerprint density at radius 2 is 1.64 bits per heavy atom. The molecule has 4 nitrogen and oxygen atoms in total. The number of nitrogens with zero attached hydrogens (tertiary/aromatic N) is 2. The first-order chi connectivity index (χ1) is 12.0. The Bertz CT molecular complexity index is 715. The van der Waals surface area contributed by atoms with Crippen molar-refractivity contribution in [3.63, 3.8) is 0 Å². The van der Waals surface area contributed by atoms with Crippen LogP contribution in [-0.4, -0.2) is 47.8 Å². The lowest BCUT2D eigenvalue weighted by Crippen LogP contribution is -2.50. The summed E-state index contributed by atoms with van der Waals surface area (Å²) in [4.78, 5) is 29.8. The highest BCUT2D eigenvalue weighted by molar-refractivity contribution is 7.10. The van der Waals surface area contributed by atoms with Crippen LogP contribution in [0.5, 0.6) is 0 Å². The summed E-state index contributed by atoms with van der Waals surface area (Å²) in [6, 6.07) is 11.8. The molecule has 0 unspecified atom stereocenters. The fourth-order valence-corrected chi connectivity index (χ4v) is 3.72. The predicted octanol–water partition coefficient (Wildman–Crippen LogP) is 3.40. The second kappa shape index (κ2) is 7.83. The smallest absolute Gasteiger partial charge is 0.253 e. The van der Waals surface area contributed by atoms with Gasteiger partial charge in [0.1, 0.15) is 0 Å². The number of hydrogen-bond acceptors (Lipinski definition) is 3. The minimum absolute atomic E-state index is 0.0562. The Morgan fingerprint density at radius 3 is 2.20 bits per heavy atom. The largest absolute Gasteiger partial charge is 0.339 e. The number of carbonyl (C=O) groups excluding carboxylic acids is 2. The van der Waals surface area contributed by atoms with Crippen LogP contribution in [0, 0.1) is 0 Å². The van der Waals surface area contributed by atoms with Gasteiger partial charge in [-0.2, -0.15) is 0 Å². The van der Waals surface area contributed by atoms with Crippen molar-refractivity contribution in [1.82, 2.24) is 9.80 Å². The third-order valence-electron chi connectivity index (χ3n) is 4.65. The number of benzene rings is 1. The topological polar surface area (TPSA) is 40.6 Å². The predicted molar refractivity (Wildman–Crippen MR) is 101 cm³/mol. The summed E-state index contributed by atoms with van der Waals surface area (Å²) in [5, 5.41) is 1.99. The average Bonchev–Trinajstić information content (AvgIpc) is 3.14. The Morgan fingerprint density at radius 1 is 1.00 bits per heavy atom. The molecule has 2 aromatic rings. The number of amides is 2. The molecule has 1 aliphatic heterocycles. The van der Waals surface area contributed by atoms with Gasteiger partial charge < -0.3 is 9.80 Å². The number of carbonyl (C=O) groups is 2. The number of rotatable bonds is 4. The summed E-state index contributed by atoms with van der Waals surface area (Å²) < 4.78 is 0. The standard InChI is InChI=1S/C20H24N2O2S/c1-15(2)16-5-7-17(8-6-16)20(24)22-11-9-21(10-12-22)19(23)14-18-4-3-13-25-18/h3-8,13,15H,9-12,14H2,1-2H3. The molecule has 0 bridgehead atoms. The fourth-order valence-electron chi connectivity index (χ4n) is 3.03. The van der Waals surface area contributed by atoms with E-state index in [4.69, 9.17) is 0 Å². The van der Waals surface area contributed by atoms with Crippen LogP contribution in [0.2, 0.25) is 0 Å². The summed E-state index contributed by atoms with van der Waals surface area (Å²) >= 11 is 1.61. The van der Waals surface area contributed by atoms with Gasteiger partial charge in [-0.3, -0.25) is 9.59 Å². The van der Waals surface area contributed by atoms with Crippen LogP contribution < -0.4 is 0 Å². The van der Waals surface area contributed by atoms with E-state index < -0.39 is 0 Å². The molecular weight excluding hydrogens is 332 g/mol. The molecule has 5 heteroatoms. The molecule has 0 N–H and O–H groups in total. The minimum atomic E-state index is 0.0562. The first-order valence-corrected chi connectivity index (χ1v) is 9.62. The molecule has 2 amide bonds. The van der Waals surface area contributed by atoms with E-state index >= 15 is 0 Å². The Balaban J connectivity index is 1.54. The van der Waals surface area contributed by atoms with E-state index in [0.29, 0.717) is 38.5 Å². The molecule has 1 aromatic heterocycles. The number of piperazine rings is 1. The normalized spacial score (nSPS) is 14.8. The third kappa shape index (κ3) is 4.28. The van der Waals surface area contributed by atoms with Crippen molar-refractivity contribution in [3.8, 4) is 0 Å². The van der Waals surface area contributed by atoms with Crippen molar-refractivity contribution in [2.45, 2.75) is 26.2 Å². The summed E-state index contributed by atoms with van der Waals surface area (Å²) in [6.45, 7) is 6.70. The fraction of sp³-hybridized carbons (Fsp3) is 0.400. The zero-order valence-electron chi connectivity index (χ0n) is 14.8. The zero-order chi connectivity index (χ0) is 17.8. The first-order valence-electron chi connectivity index (χ1n) is 8.74. The van der Waals surface area contributed by atoms with Crippen molar-refractivity contribution in [3.05, 3.63) is 57.8 Å². The SMILES string of the molecule is CC(C)c1ccc(C(=O)N2CCN(C(=O)Cc3cccs3)CC2)cc1. The Kier molecular flexibility index (Phi) is 5.53. The lowest BCUT2D eigenvalue weighted by Gasteiger charge is -2.34. The van der Waals surface area contributed by atoms with Gasteiger partial charge in [0.05, 0.1) is 6.42 Å². The van der Waals surface area contributed by atoms with Gasteiger partial charge in [-0.15, -0.1) is 11.3 Å². The van der Waals surface area contributed by atoms with Crippen LogP contribution in [0.25, 0.3) is 0 Å². The molecule has 0 saturated carbocycles. The number of hydrogen-bond donors (Lipinski definition) is 0. The second-order valence-electron chi connectivity index (χ2n) is 6.71. The lowest BCUT2D eigenvalue weighted by atomic mass is 10.0. The van der Waals surface area contributed by atoms with Gasteiger partial charge >= 0.3 is 0 Å². The van der Waals surface area contributed by atoms with Crippen molar-refractivity contribution >= 4 is 23.2 Å². The molecule has 0 aliphatic carbocycles. The number of thiophene rings is 1. The molecule has 1 saturated heterocycles. The van der Waals surface area contributed by atoms with E-state index in [-0.39, 0.29) is 11.8 Å². The van der Waals surface area contributed by atoms with E-state index in [0.717, 1.165) is 10.4 Å². The van der Waals surface area contributed by atoms with Gasteiger partial charge in [0.25, 0.3) is 5.91 Å². The molecule has 3 rings (SSSR count). The van der Waals surface area contributed by atoms with Crippen molar-refractivity contribution < 1.29 is 9.59 Å². The Labute approximate surface area is 153 Å². The van der Waals surface area contributed by atoms with Crippen molar-refractivity contribution in [2.24, 2.45) is 0 Å². The lowest BCUT2D eigenvalue weighted by molar-refractivity contribution is -0.131. The van der Waals surface area contributed by atoms with Crippen LogP contribution >= 0.6 is 11.3 Å². The third-order valence-corrected chi connectivity index (χ3v) is 5.53. The van der Waals surface area contributed by atoms with Gasteiger partial charge in [-0.1, -0.05) is 32.0 Å². The molecule has 1 aromatic carbocycles. The van der Waals surface area contributed by atoms with Crippen LogP contribution in [0.4, 0.5) is 0 Å². The van der Waals surface area contributed by atoms with Gasteiger partial charge in [0.15, 0.2) is 0 Å². The minimum Gasteiger partial charge on any atom is -0.339 e. The van der Waals surface area contributed by atoms with E-state index in [1.165, 1.54) is 5.56 Å². The summed E-state index contributed by atoms with van der Waals surface area (Å²) in [5.41, 5.74) is 1.96. The van der Waals surface area contributed by atoms with E-state index in [9.17, 15) is 9.59 Å². The van der Waals surface area contributed by atoms with Gasteiger partial charge in [-0.05, 0) is 35.1 Å². The van der Waals surface area contributed by atoms with Crippen LogP contribution in [0.1, 0.15) is 40.6 Å². The Hall–Kier alpha value is -2.14. The van der Waals surface area contributed by atoms with E-state index in [1.54, 1.807) is 11.3 Å². The molecule has 1 aliphatic rings. The van der Waals surface area contributed by atoms with Crippen LogP contribution in [-0.2, 0) is 11.2 Å². The van der Waals surface area contributed by atoms with Gasteiger partial charge in [0, 0.05) is 36.6 Å². The molecule has 0 atom stereocenters. The average molecular weight is 356 g/mol. The molecule has 2 heterocycles. The highest BCUT2D eigenvalue weighted by atomic mass is 32.1.